The van der Waals surface area contributed by atoms with Gasteiger partial charge in [0.05, 0.1) is 6.07 Å². The van der Waals surface area contributed by atoms with E-state index in [1.165, 1.54) is 4.90 Å². The number of nitriles is 1. The first-order chi connectivity index (χ1) is 6.04. The summed E-state index contributed by atoms with van der Waals surface area (Å²) in [6, 6.07) is 1.72. The minimum Gasteiger partial charge on any atom is -0.330 e. The van der Waals surface area contributed by atoms with Crippen molar-refractivity contribution < 1.29 is 4.79 Å². The van der Waals surface area contributed by atoms with Crippen molar-refractivity contribution in [3.63, 3.8) is 0 Å². The van der Waals surface area contributed by atoms with Gasteiger partial charge in [-0.25, -0.2) is 0 Å². The molecular weight excluding hydrogens is 164 g/mol. The van der Waals surface area contributed by atoms with E-state index in [-0.39, 0.29) is 17.9 Å². The highest BCUT2D eigenvalue weighted by Crippen LogP contribution is 2.10. The minimum absolute atomic E-state index is 0.0331. The Morgan fingerprint density at radius 1 is 1.54 bits per heavy atom. The molecule has 0 rings (SSSR count). The monoisotopic (exact) mass is 182 g/mol. The van der Waals surface area contributed by atoms with E-state index in [4.69, 9.17) is 5.26 Å². The fourth-order valence-electron chi connectivity index (χ4n) is 1.18. The Balaban J connectivity index is 4.18. The largest absolute Gasteiger partial charge is 0.330 e. The van der Waals surface area contributed by atoms with Gasteiger partial charge >= 0.3 is 0 Å². The van der Waals surface area contributed by atoms with Crippen LogP contribution in [0.25, 0.3) is 0 Å². The highest BCUT2D eigenvalue weighted by molar-refractivity contribution is 5.78. The Hall–Kier alpha value is -1.04. The summed E-state index contributed by atoms with van der Waals surface area (Å²) in [5.41, 5.74) is 0. The summed E-state index contributed by atoms with van der Waals surface area (Å²) in [5, 5.41) is 8.62. The lowest BCUT2D eigenvalue weighted by atomic mass is 10.0. The molecule has 0 fully saturated rings. The molecule has 0 heterocycles. The molecule has 0 radical (unpaired) electrons. The summed E-state index contributed by atoms with van der Waals surface area (Å²) in [6.45, 7) is 5.69. The number of hydrogen-bond donors (Lipinski definition) is 0. The SMILES string of the molecule is CCCC(C)C(=O)N(C)C(C)C#N. The van der Waals surface area contributed by atoms with Crippen LogP contribution in [0.1, 0.15) is 33.6 Å². The molecule has 0 aromatic heterocycles. The number of nitrogens with zero attached hydrogens (tertiary/aromatic N) is 2. The van der Waals surface area contributed by atoms with Gasteiger partial charge in [0, 0.05) is 13.0 Å². The van der Waals surface area contributed by atoms with E-state index < -0.39 is 0 Å². The van der Waals surface area contributed by atoms with Crippen LogP contribution in [0.4, 0.5) is 0 Å². The smallest absolute Gasteiger partial charge is 0.226 e. The fraction of sp³-hybridized carbons (Fsp3) is 0.800. The zero-order chi connectivity index (χ0) is 10.4. The third-order valence-electron chi connectivity index (χ3n) is 2.26. The third kappa shape index (κ3) is 3.45. The molecule has 3 nitrogen and oxygen atoms in total. The fourth-order valence-corrected chi connectivity index (χ4v) is 1.18. The molecule has 0 saturated heterocycles. The lowest BCUT2D eigenvalue weighted by Crippen LogP contribution is -2.37. The average Bonchev–Trinajstić information content (AvgIpc) is 2.14. The maximum absolute atomic E-state index is 11.6. The molecule has 0 spiro atoms. The van der Waals surface area contributed by atoms with Crippen LogP contribution < -0.4 is 0 Å². The van der Waals surface area contributed by atoms with Gasteiger partial charge in [0.15, 0.2) is 0 Å². The lowest BCUT2D eigenvalue weighted by molar-refractivity contribution is -0.134. The first kappa shape index (κ1) is 12.0. The van der Waals surface area contributed by atoms with E-state index >= 15 is 0 Å². The van der Waals surface area contributed by atoms with E-state index in [1.54, 1.807) is 14.0 Å². The Morgan fingerprint density at radius 2 is 2.08 bits per heavy atom. The minimum atomic E-state index is -0.327. The molecule has 2 unspecified atom stereocenters. The quantitative estimate of drug-likeness (QED) is 0.665. The van der Waals surface area contributed by atoms with Gasteiger partial charge in [-0.05, 0) is 13.3 Å². The van der Waals surface area contributed by atoms with Crippen LogP contribution >= 0.6 is 0 Å². The Morgan fingerprint density at radius 3 is 2.46 bits per heavy atom. The molecule has 0 aliphatic rings. The van der Waals surface area contributed by atoms with Crippen molar-refractivity contribution in [2.45, 2.75) is 39.7 Å². The van der Waals surface area contributed by atoms with Gasteiger partial charge in [-0.15, -0.1) is 0 Å². The molecule has 0 aromatic rings. The van der Waals surface area contributed by atoms with Gasteiger partial charge in [0.1, 0.15) is 6.04 Å². The van der Waals surface area contributed by atoms with Gasteiger partial charge in [-0.2, -0.15) is 5.26 Å². The van der Waals surface area contributed by atoms with E-state index in [0.717, 1.165) is 12.8 Å². The van der Waals surface area contributed by atoms with E-state index in [0.29, 0.717) is 0 Å². The van der Waals surface area contributed by atoms with E-state index in [1.807, 2.05) is 13.0 Å². The van der Waals surface area contributed by atoms with Crippen molar-refractivity contribution in [3.05, 3.63) is 0 Å². The topological polar surface area (TPSA) is 44.1 Å². The van der Waals surface area contributed by atoms with Gasteiger partial charge in [-0.3, -0.25) is 4.79 Å². The Labute approximate surface area is 80.3 Å². The van der Waals surface area contributed by atoms with Crippen molar-refractivity contribution in [2.24, 2.45) is 5.92 Å². The summed E-state index contributed by atoms with van der Waals surface area (Å²) < 4.78 is 0. The third-order valence-corrected chi connectivity index (χ3v) is 2.26. The van der Waals surface area contributed by atoms with Crippen molar-refractivity contribution >= 4 is 5.91 Å². The van der Waals surface area contributed by atoms with Gasteiger partial charge in [-0.1, -0.05) is 20.3 Å². The van der Waals surface area contributed by atoms with Crippen molar-refractivity contribution in [3.8, 4) is 6.07 Å². The summed E-state index contributed by atoms with van der Waals surface area (Å²) in [4.78, 5) is 13.1. The second-order valence-corrected chi connectivity index (χ2v) is 3.44. The van der Waals surface area contributed by atoms with Crippen molar-refractivity contribution in [1.82, 2.24) is 4.90 Å². The van der Waals surface area contributed by atoms with Crippen LogP contribution in [0, 0.1) is 17.2 Å². The average molecular weight is 182 g/mol. The van der Waals surface area contributed by atoms with Crippen LogP contribution in [0.5, 0.6) is 0 Å². The molecule has 0 aromatic carbocycles. The summed E-state index contributed by atoms with van der Waals surface area (Å²) in [5.74, 6) is 0.0988. The van der Waals surface area contributed by atoms with Gasteiger partial charge in [0.2, 0.25) is 5.91 Å². The predicted molar refractivity (Wildman–Crippen MR) is 51.9 cm³/mol. The normalized spacial score (nSPS) is 14.4. The summed E-state index contributed by atoms with van der Waals surface area (Å²) in [7, 11) is 1.68. The van der Waals surface area contributed by atoms with Crippen LogP contribution in [0.2, 0.25) is 0 Å². The van der Waals surface area contributed by atoms with Crippen LogP contribution in [0.3, 0.4) is 0 Å². The second kappa shape index (κ2) is 5.58. The zero-order valence-electron chi connectivity index (χ0n) is 8.87. The maximum atomic E-state index is 11.6. The Bertz CT molecular complexity index is 207. The van der Waals surface area contributed by atoms with Crippen LogP contribution in [-0.4, -0.2) is 23.9 Å². The molecule has 0 N–H and O–H groups in total. The molecule has 0 bridgehead atoms. The number of amides is 1. The first-order valence-corrected chi connectivity index (χ1v) is 4.70. The van der Waals surface area contributed by atoms with E-state index in [2.05, 4.69) is 6.92 Å². The second-order valence-electron chi connectivity index (χ2n) is 3.44. The number of hydrogen-bond acceptors (Lipinski definition) is 2. The highest BCUT2D eigenvalue weighted by Gasteiger charge is 2.20. The molecule has 2 atom stereocenters. The van der Waals surface area contributed by atoms with Crippen molar-refractivity contribution in [1.29, 1.82) is 5.26 Å². The number of carbonyl (C=O) groups excluding carboxylic acids is 1. The van der Waals surface area contributed by atoms with Crippen molar-refractivity contribution in [2.75, 3.05) is 7.05 Å². The summed E-state index contributed by atoms with van der Waals surface area (Å²) in [6.07, 6.45) is 1.89. The number of carbonyl (C=O) groups is 1. The molecule has 1 amide bonds. The molecular formula is C10H18N2O. The van der Waals surface area contributed by atoms with Crippen LogP contribution in [0.15, 0.2) is 0 Å². The molecule has 13 heavy (non-hydrogen) atoms. The van der Waals surface area contributed by atoms with E-state index in [9.17, 15) is 4.79 Å². The molecule has 0 aliphatic carbocycles. The molecule has 3 heteroatoms. The maximum Gasteiger partial charge on any atom is 0.226 e. The molecule has 0 aliphatic heterocycles. The summed E-state index contributed by atoms with van der Waals surface area (Å²) >= 11 is 0. The van der Waals surface area contributed by atoms with Crippen LogP contribution in [-0.2, 0) is 4.79 Å². The Kier molecular flexibility index (Phi) is 5.13. The zero-order valence-corrected chi connectivity index (χ0v) is 8.87. The van der Waals surface area contributed by atoms with Gasteiger partial charge in [0.25, 0.3) is 0 Å². The molecule has 0 saturated carbocycles. The molecule has 74 valence electrons. The first-order valence-electron chi connectivity index (χ1n) is 4.70. The number of rotatable bonds is 4. The predicted octanol–water partition coefficient (Wildman–Crippen LogP) is 1.79. The highest BCUT2D eigenvalue weighted by atomic mass is 16.2. The standard InChI is InChI=1S/C10H18N2O/c1-5-6-8(2)10(13)12(4)9(3)7-11/h8-9H,5-6H2,1-4H3. The van der Waals surface area contributed by atoms with Gasteiger partial charge < -0.3 is 4.90 Å². The lowest BCUT2D eigenvalue weighted by Gasteiger charge is -2.22.